The van der Waals surface area contributed by atoms with E-state index in [2.05, 4.69) is 16.4 Å². The van der Waals surface area contributed by atoms with E-state index >= 15 is 0 Å². The van der Waals surface area contributed by atoms with Crippen LogP contribution in [0.3, 0.4) is 0 Å². The van der Waals surface area contributed by atoms with Crippen LogP contribution in [0, 0.1) is 11.3 Å². The molecule has 0 aliphatic heterocycles. The van der Waals surface area contributed by atoms with E-state index in [1.54, 1.807) is 7.11 Å². The van der Waals surface area contributed by atoms with Crippen LogP contribution in [0.2, 0.25) is 0 Å². The van der Waals surface area contributed by atoms with Gasteiger partial charge in [-0.15, -0.1) is 0 Å². The number of nitrogens with zero attached hydrogens (tertiary/aromatic N) is 1. The number of rotatable bonds is 6. The smallest absolute Gasteiger partial charge is 0.212 e. The predicted octanol–water partition coefficient (Wildman–Crippen LogP) is 2.37. The maximum Gasteiger partial charge on any atom is 0.212 e. The fourth-order valence-electron chi connectivity index (χ4n) is 2.68. The molecule has 2 aliphatic carbocycles. The van der Waals surface area contributed by atoms with E-state index < -0.39 is 0 Å². The fourth-order valence-corrected chi connectivity index (χ4v) is 2.68. The van der Waals surface area contributed by atoms with Gasteiger partial charge in [0.15, 0.2) is 0 Å². The molecule has 0 atom stereocenters. The molecule has 0 radical (unpaired) electrons. The van der Waals surface area contributed by atoms with Gasteiger partial charge in [0.25, 0.3) is 0 Å². The largest absolute Gasteiger partial charge is 0.481 e. The summed E-state index contributed by atoms with van der Waals surface area (Å²) < 4.78 is 5.05. The van der Waals surface area contributed by atoms with Crippen LogP contribution in [0.1, 0.15) is 31.2 Å². The van der Waals surface area contributed by atoms with Gasteiger partial charge in [0.1, 0.15) is 0 Å². The summed E-state index contributed by atoms with van der Waals surface area (Å²) in [6, 6.07) is 4.00. The summed E-state index contributed by atoms with van der Waals surface area (Å²) >= 11 is 0. The molecule has 0 unspecified atom stereocenters. The predicted molar refractivity (Wildman–Crippen MR) is 66.9 cm³/mol. The minimum Gasteiger partial charge on any atom is -0.481 e. The molecule has 3 rings (SSSR count). The SMILES string of the molecule is COc1ccc(CNCC2(C3CC3)CC2)cn1. The Hall–Kier alpha value is -1.09. The second-order valence-electron chi connectivity index (χ2n) is 5.45. The fraction of sp³-hybridized carbons (Fsp3) is 0.643. The van der Waals surface area contributed by atoms with Crippen molar-refractivity contribution in [2.24, 2.45) is 11.3 Å². The summed E-state index contributed by atoms with van der Waals surface area (Å²) in [5, 5.41) is 3.58. The van der Waals surface area contributed by atoms with E-state index in [9.17, 15) is 0 Å². The van der Waals surface area contributed by atoms with Crippen LogP contribution in [0.15, 0.2) is 18.3 Å². The first kappa shape index (κ1) is 11.0. The zero-order valence-corrected chi connectivity index (χ0v) is 10.4. The molecule has 1 heterocycles. The van der Waals surface area contributed by atoms with E-state index in [-0.39, 0.29) is 0 Å². The lowest BCUT2D eigenvalue weighted by molar-refractivity contribution is 0.395. The molecule has 17 heavy (non-hydrogen) atoms. The average Bonchev–Trinajstić information content (AvgIpc) is 3.23. The Morgan fingerprint density at radius 3 is 2.76 bits per heavy atom. The Morgan fingerprint density at radius 2 is 2.24 bits per heavy atom. The van der Waals surface area contributed by atoms with Crippen LogP contribution in [-0.4, -0.2) is 18.6 Å². The van der Waals surface area contributed by atoms with Crippen LogP contribution < -0.4 is 10.1 Å². The van der Waals surface area contributed by atoms with Gasteiger partial charge in [0, 0.05) is 25.4 Å². The molecule has 0 aromatic carbocycles. The average molecular weight is 232 g/mol. The van der Waals surface area contributed by atoms with Gasteiger partial charge >= 0.3 is 0 Å². The van der Waals surface area contributed by atoms with E-state index in [0.29, 0.717) is 11.3 Å². The lowest BCUT2D eigenvalue weighted by atomic mass is 10.0. The van der Waals surface area contributed by atoms with Crippen LogP contribution in [0.25, 0.3) is 0 Å². The van der Waals surface area contributed by atoms with Crippen molar-refractivity contribution in [2.45, 2.75) is 32.2 Å². The first-order valence-electron chi connectivity index (χ1n) is 6.52. The molecule has 2 fully saturated rings. The highest BCUT2D eigenvalue weighted by molar-refractivity contribution is 5.17. The zero-order chi connectivity index (χ0) is 11.7. The van der Waals surface area contributed by atoms with Gasteiger partial charge in [-0.05, 0) is 42.6 Å². The highest BCUT2D eigenvalue weighted by Crippen LogP contribution is 2.60. The monoisotopic (exact) mass is 232 g/mol. The number of hydrogen-bond acceptors (Lipinski definition) is 3. The number of pyridine rings is 1. The highest BCUT2D eigenvalue weighted by atomic mass is 16.5. The lowest BCUT2D eigenvalue weighted by Gasteiger charge is -2.14. The zero-order valence-electron chi connectivity index (χ0n) is 10.4. The molecule has 1 N–H and O–H groups in total. The van der Waals surface area contributed by atoms with Crippen LogP contribution in [0.5, 0.6) is 5.88 Å². The minimum absolute atomic E-state index is 0.680. The maximum atomic E-state index is 5.05. The molecule has 3 heteroatoms. The van der Waals surface area contributed by atoms with Crippen LogP contribution in [-0.2, 0) is 6.54 Å². The number of ether oxygens (including phenoxy) is 1. The van der Waals surface area contributed by atoms with E-state index in [0.717, 1.165) is 12.5 Å². The van der Waals surface area contributed by atoms with Crippen molar-refractivity contribution in [2.75, 3.05) is 13.7 Å². The third kappa shape index (κ3) is 2.44. The van der Waals surface area contributed by atoms with Crippen molar-refractivity contribution in [3.63, 3.8) is 0 Å². The summed E-state index contributed by atoms with van der Waals surface area (Å²) in [4.78, 5) is 4.21. The van der Waals surface area contributed by atoms with Crippen molar-refractivity contribution in [3.05, 3.63) is 23.9 Å². The van der Waals surface area contributed by atoms with Crippen molar-refractivity contribution >= 4 is 0 Å². The highest BCUT2D eigenvalue weighted by Gasteiger charge is 2.53. The molecule has 1 aromatic heterocycles. The van der Waals surface area contributed by atoms with Gasteiger partial charge in [0.2, 0.25) is 5.88 Å². The Morgan fingerprint density at radius 1 is 1.41 bits per heavy atom. The Labute approximate surface area is 103 Å². The summed E-state index contributed by atoms with van der Waals surface area (Å²) in [5.41, 5.74) is 1.91. The van der Waals surface area contributed by atoms with Crippen LogP contribution >= 0.6 is 0 Å². The van der Waals surface area contributed by atoms with E-state index in [1.807, 2.05) is 12.3 Å². The maximum absolute atomic E-state index is 5.05. The third-order valence-electron chi connectivity index (χ3n) is 4.15. The quantitative estimate of drug-likeness (QED) is 0.817. The standard InChI is InChI=1S/C14H20N2O/c1-17-13-5-2-11(9-16-13)8-15-10-14(6-7-14)12-3-4-12/h2,5,9,12,15H,3-4,6-8,10H2,1H3. The molecule has 2 aliphatic rings. The van der Waals surface area contributed by atoms with Gasteiger partial charge in [-0.1, -0.05) is 6.07 Å². The molecule has 1 aromatic rings. The molecule has 0 bridgehead atoms. The normalized spacial score (nSPS) is 21.2. The first-order chi connectivity index (χ1) is 8.32. The number of hydrogen-bond donors (Lipinski definition) is 1. The number of nitrogens with one attached hydrogen (secondary N) is 1. The van der Waals surface area contributed by atoms with Crippen LogP contribution in [0.4, 0.5) is 0 Å². The van der Waals surface area contributed by atoms with Gasteiger partial charge < -0.3 is 10.1 Å². The van der Waals surface area contributed by atoms with Crippen molar-refractivity contribution in [1.82, 2.24) is 10.3 Å². The molecule has 92 valence electrons. The molecule has 0 amide bonds. The number of methoxy groups -OCH3 is 1. The van der Waals surface area contributed by atoms with Crippen molar-refractivity contribution in [3.8, 4) is 5.88 Å². The molecule has 3 nitrogen and oxygen atoms in total. The summed E-state index contributed by atoms with van der Waals surface area (Å²) in [5.74, 6) is 1.72. The molecule has 2 saturated carbocycles. The third-order valence-corrected chi connectivity index (χ3v) is 4.15. The van der Waals surface area contributed by atoms with Gasteiger partial charge in [0.05, 0.1) is 7.11 Å². The van der Waals surface area contributed by atoms with Crippen molar-refractivity contribution in [1.29, 1.82) is 0 Å². The molecular weight excluding hydrogens is 212 g/mol. The summed E-state index contributed by atoms with van der Waals surface area (Å²) in [7, 11) is 1.65. The molecule has 0 saturated heterocycles. The van der Waals surface area contributed by atoms with Gasteiger partial charge in [-0.2, -0.15) is 0 Å². The topological polar surface area (TPSA) is 34.1 Å². The lowest BCUT2D eigenvalue weighted by Crippen LogP contribution is -2.25. The van der Waals surface area contributed by atoms with E-state index in [4.69, 9.17) is 4.74 Å². The Balaban J connectivity index is 1.47. The van der Waals surface area contributed by atoms with E-state index in [1.165, 1.54) is 37.8 Å². The summed E-state index contributed by atoms with van der Waals surface area (Å²) in [6.45, 7) is 2.11. The summed E-state index contributed by atoms with van der Waals surface area (Å²) in [6.07, 6.45) is 7.69. The minimum atomic E-state index is 0.680. The Bertz CT molecular complexity index is 380. The van der Waals surface area contributed by atoms with Gasteiger partial charge in [-0.25, -0.2) is 4.98 Å². The Kier molecular flexibility index (Phi) is 2.79. The second kappa shape index (κ2) is 4.30. The second-order valence-corrected chi connectivity index (χ2v) is 5.45. The van der Waals surface area contributed by atoms with Gasteiger partial charge in [-0.3, -0.25) is 0 Å². The van der Waals surface area contributed by atoms with Crippen molar-refractivity contribution < 1.29 is 4.74 Å². The molecular formula is C14H20N2O. The number of aromatic nitrogens is 1. The molecule has 0 spiro atoms. The first-order valence-corrected chi connectivity index (χ1v) is 6.52.